The first-order valence-corrected chi connectivity index (χ1v) is 10.7. The van der Waals surface area contributed by atoms with E-state index in [1.54, 1.807) is 23.1 Å². The van der Waals surface area contributed by atoms with Crippen LogP contribution in [0.4, 0.5) is 0 Å². The zero-order valence-corrected chi connectivity index (χ0v) is 18.0. The second kappa shape index (κ2) is 9.02. The monoisotopic (exact) mass is 408 g/mol. The normalized spacial score (nSPS) is 22.3. The number of β-amino-alcohol motifs (C(OH)–C–C–N with tert-alkyl or cyclic N) is 1. The summed E-state index contributed by atoms with van der Waals surface area (Å²) < 4.78 is 6.14. The molecule has 1 N–H and O–H groups in total. The lowest BCUT2D eigenvalue weighted by Crippen LogP contribution is -2.42. The van der Waals surface area contributed by atoms with Crippen LogP contribution in [0.5, 0.6) is 5.75 Å². The largest absolute Gasteiger partial charge is 0.489 e. The number of carbonyl (C=O) groups is 1. The summed E-state index contributed by atoms with van der Waals surface area (Å²) in [5.41, 5.74) is 0.857. The molecule has 0 saturated carbocycles. The molecule has 1 unspecified atom stereocenters. The Morgan fingerprint density at radius 3 is 2.54 bits per heavy atom. The lowest BCUT2D eigenvalue weighted by molar-refractivity contribution is 0.0473. The molecule has 2 saturated heterocycles. The molecular formula is C22H33ClN2O3. The lowest BCUT2D eigenvalue weighted by atomic mass is 9.94. The summed E-state index contributed by atoms with van der Waals surface area (Å²) in [5, 5.41) is 10.3. The summed E-state index contributed by atoms with van der Waals surface area (Å²) >= 11 is 6.42. The van der Waals surface area contributed by atoms with Crippen molar-refractivity contribution in [2.75, 3.05) is 32.7 Å². The third kappa shape index (κ3) is 5.85. The SMILES string of the molecule is CC(C)(C)CN1CCC(Oc2ccc(C(=O)N3CCCC(O)C3)cc2Cl)CC1. The van der Waals surface area contributed by atoms with E-state index in [1.165, 1.54) is 0 Å². The first-order valence-electron chi connectivity index (χ1n) is 10.4. The highest BCUT2D eigenvalue weighted by Gasteiger charge is 2.26. The van der Waals surface area contributed by atoms with E-state index in [0.29, 0.717) is 34.8 Å². The van der Waals surface area contributed by atoms with Crippen LogP contribution in [0.3, 0.4) is 0 Å². The van der Waals surface area contributed by atoms with Gasteiger partial charge in [-0.15, -0.1) is 0 Å². The quantitative estimate of drug-likeness (QED) is 0.822. The molecule has 0 spiro atoms. The van der Waals surface area contributed by atoms with Crippen LogP contribution in [0.15, 0.2) is 18.2 Å². The van der Waals surface area contributed by atoms with Crippen LogP contribution in [0.1, 0.15) is 56.8 Å². The van der Waals surface area contributed by atoms with E-state index in [4.69, 9.17) is 16.3 Å². The van der Waals surface area contributed by atoms with E-state index in [-0.39, 0.29) is 12.0 Å². The molecule has 28 heavy (non-hydrogen) atoms. The molecule has 5 nitrogen and oxygen atoms in total. The number of benzene rings is 1. The predicted molar refractivity (Wildman–Crippen MR) is 112 cm³/mol. The van der Waals surface area contributed by atoms with Gasteiger partial charge in [0.25, 0.3) is 5.91 Å². The number of ether oxygens (including phenoxy) is 1. The number of rotatable bonds is 4. The Bertz CT molecular complexity index is 681. The second-order valence-corrected chi connectivity index (χ2v) is 9.75. The third-order valence-corrected chi connectivity index (χ3v) is 5.68. The minimum atomic E-state index is -0.431. The van der Waals surface area contributed by atoms with Crippen molar-refractivity contribution in [3.05, 3.63) is 28.8 Å². The van der Waals surface area contributed by atoms with Crippen molar-refractivity contribution in [1.82, 2.24) is 9.80 Å². The first kappa shape index (κ1) is 21.4. The molecular weight excluding hydrogens is 376 g/mol. The fourth-order valence-electron chi connectivity index (χ4n) is 4.09. The summed E-state index contributed by atoms with van der Waals surface area (Å²) in [6.45, 7) is 11.0. The van der Waals surface area contributed by atoms with Crippen molar-refractivity contribution in [3.8, 4) is 5.75 Å². The van der Waals surface area contributed by atoms with Gasteiger partial charge in [-0.3, -0.25) is 4.79 Å². The Balaban J connectivity index is 1.55. The minimum absolute atomic E-state index is 0.0808. The second-order valence-electron chi connectivity index (χ2n) is 9.35. The van der Waals surface area contributed by atoms with Gasteiger partial charge in [0.1, 0.15) is 11.9 Å². The van der Waals surface area contributed by atoms with Gasteiger partial charge >= 0.3 is 0 Å². The number of halogens is 1. The van der Waals surface area contributed by atoms with Crippen molar-refractivity contribution in [2.24, 2.45) is 5.41 Å². The standard InChI is InChI=1S/C22H33ClN2O3/c1-22(2,3)15-24-11-8-18(9-12-24)28-20-7-6-16(13-19(20)23)21(27)25-10-4-5-17(26)14-25/h6-7,13,17-18,26H,4-5,8-12,14-15H2,1-3H3. The van der Waals surface area contributed by atoms with Gasteiger partial charge in [0.15, 0.2) is 0 Å². The van der Waals surface area contributed by atoms with Crippen LogP contribution in [0.2, 0.25) is 5.02 Å². The molecule has 2 fully saturated rings. The molecule has 1 atom stereocenters. The first-order chi connectivity index (χ1) is 13.2. The van der Waals surface area contributed by atoms with Gasteiger partial charge in [-0.2, -0.15) is 0 Å². The Morgan fingerprint density at radius 2 is 1.93 bits per heavy atom. The molecule has 3 rings (SSSR count). The number of carbonyl (C=O) groups excluding carboxylic acids is 1. The maximum absolute atomic E-state index is 12.7. The summed E-state index contributed by atoms with van der Waals surface area (Å²) in [6, 6.07) is 5.27. The fraction of sp³-hybridized carbons (Fsp3) is 0.682. The smallest absolute Gasteiger partial charge is 0.253 e. The maximum atomic E-state index is 12.7. The molecule has 0 radical (unpaired) electrons. The summed E-state index contributed by atoms with van der Waals surface area (Å²) in [4.78, 5) is 16.9. The molecule has 2 heterocycles. The number of hydrogen-bond donors (Lipinski definition) is 1. The average molecular weight is 409 g/mol. The molecule has 156 valence electrons. The number of aliphatic hydroxyl groups is 1. The van der Waals surface area contributed by atoms with Crippen LogP contribution in [-0.2, 0) is 0 Å². The molecule has 0 aromatic heterocycles. The van der Waals surface area contributed by atoms with Crippen LogP contribution in [0, 0.1) is 5.41 Å². The topological polar surface area (TPSA) is 53.0 Å². The number of likely N-dealkylation sites (tertiary alicyclic amines) is 2. The fourth-order valence-corrected chi connectivity index (χ4v) is 4.31. The molecule has 1 aromatic rings. The van der Waals surface area contributed by atoms with Crippen LogP contribution in [-0.4, -0.2) is 65.7 Å². The number of nitrogens with zero attached hydrogens (tertiary/aromatic N) is 2. The highest BCUT2D eigenvalue weighted by molar-refractivity contribution is 6.32. The summed E-state index contributed by atoms with van der Waals surface area (Å²) in [5.74, 6) is 0.564. The zero-order valence-electron chi connectivity index (χ0n) is 17.3. The van der Waals surface area contributed by atoms with Gasteiger partial charge in [0.2, 0.25) is 0 Å². The highest BCUT2D eigenvalue weighted by Crippen LogP contribution is 2.30. The van der Waals surface area contributed by atoms with Gasteiger partial charge in [0.05, 0.1) is 11.1 Å². The third-order valence-electron chi connectivity index (χ3n) is 5.39. The van der Waals surface area contributed by atoms with Gasteiger partial charge < -0.3 is 19.6 Å². The van der Waals surface area contributed by atoms with Gasteiger partial charge in [0, 0.05) is 38.3 Å². The van der Waals surface area contributed by atoms with Gasteiger partial charge in [-0.1, -0.05) is 32.4 Å². The van der Waals surface area contributed by atoms with Crippen molar-refractivity contribution in [1.29, 1.82) is 0 Å². The van der Waals surface area contributed by atoms with Crippen LogP contribution < -0.4 is 4.74 Å². The molecule has 2 aliphatic rings. The van der Waals surface area contributed by atoms with E-state index >= 15 is 0 Å². The van der Waals surface area contributed by atoms with E-state index < -0.39 is 6.10 Å². The van der Waals surface area contributed by atoms with E-state index in [0.717, 1.165) is 45.3 Å². The van der Waals surface area contributed by atoms with E-state index in [1.807, 2.05) is 0 Å². The highest BCUT2D eigenvalue weighted by atomic mass is 35.5. The number of piperidine rings is 2. The summed E-state index contributed by atoms with van der Waals surface area (Å²) in [6.07, 6.45) is 3.28. The summed E-state index contributed by atoms with van der Waals surface area (Å²) in [7, 11) is 0. The lowest BCUT2D eigenvalue weighted by Gasteiger charge is -2.36. The van der Waals surface area contributed by atoms with Crippen molar-refractivity contribution in [2.45, 2.75) is 58.7 Å². The zero-order chi connectivity index (χ0) is 20.3. The van der Waals surface area contributed by atoms with Crippen LogP contribution in [0.25, 0.3) is 0 Å². The predicted octanol–water partition coefficient (Wildman–Crippen LogP) is 3.83. The van der Waals surface area contributed by atoms with E-state index in [9.17, 15) is 9.90 Å². The molecule has 0 aliphatic carbocycles. The average Bonchev–Trinajstić information content (AvgIpc) is 2.63. The molecule has 6 heteroatoms. The van der Waals surface area contributed by atoms with E-state index in [2.05, 4.69) is 25.7 Å². The Labute approximate surface area is 173 Å². The Kier molecular flexibility index (Phi) is 6.89. The number of aliphatic hydroxyl groups excluding tert-OH is 1. The molecule has 1 aromatic carbocycles. The Morgan fingerprint density at radius 1 is 1.21 bits per heavy atom. The minimum Gasteiger partial charge on any atom is -0.489 e. The van der Waals surface area contributed by atoms with Crippen molar-refractivity contribution < 1.29 is 14.6 Å². The molecule has 1 amide bonds. The number of hydrogen-bond acceptors (Lipinski definition) is 4. The van der Waals surface area contributed by atoms with Crippen LogP contribution >= 0.6 is 11.6 Å². The van der Waals surface area contributed by atoms with Gasteiger partial charge in [-0.25, -0.2) is 0 Å². The molecule has 2 aliphatic heterocycles. The maximum Gasteiger partial charge on any atom is 0.253 e. The van der Waals surface area contributed by atoms with Gasteiger partial charge in [-0.05, 0) is 49.3 Å². The Hall–Kier alpha value is -1.30. The molecule has 0 bridgehead atoms. The van der Waals surface area contributed by atoms with Crippen molar-refractivity contribution >= 4 is 17.5 Å². The van der Waals surface area contributed by atoms with Crippen molar-refractivity contribution in [3.63, 3.8) is 0 Å². The number of amides is 1.